The first-order valence-corrected chi connectivity index (χ1v) is 9.97. The second-order valence-electron chi connectivity index (χ2n) is 7.18. The molecule has 5 rings (SSSR count). The minimum atomic E-state index is -0.0567. The van der Waals surface area contributed by atoms with Crippen molar-refractivity contribution in [1.29, 1.82) is 0 Å². The van der Waals surface area contributed by atoms with E-state index in [4.69, 9.17) is 9.47 Å². The molecule has 0 aliphatic carbocycles. The number of fused-ring (bicyclic) bond motifs is 3. The van der Waals surface area contributed by atoms with E-state index in [0.717, 1.165) is 38.9 Å². The number of aromatic amines is 1. The summed E-state index contributed by atoms with van der Waals surface area (Å²) in [6.07, 6.45) is 4.61. The SMILES string of the molecule is CN1CCc2[nH]cnc2C12CCN(C(=O)c1scc3c1OCCO3)CC2. The average molecular weight is 374 g/mol. The summed E-state index contributed by atoms with van der Waals surface area (Å²) in [7, 11) is 2.18. The third-order valence-electron chi connectivity index (χ3n) is 5.96. The number of thiophene rings is 1. The van der Waals surface area contributed by atoms with Crippen LogP contribution in [-0.4, -0.2) is 65.6 Å². The van der Waals surface area contributed by atoms with Gasteiger partial charge in [0, 0.05) is 37.1 Å². The maximum atomic E-state index is 13.0. The zero-order chi connectivity index (χ0) is 17.7. The first-order chi connectivity index (χ1) is 12.7. The predicted octanol–water partition coefficient (Wildman–Crippen LogP) is 1.86. The average Bonchev–Trinajstić information content (AvgIpc) is 3.32. The Labute approximate surface area is 155 Å². The molecule has 138 valence electrons. The Hall–Kier alpha value is -2.06. The minimum Gasteiger partial charge on any atom is -0.485 e. The first-order valence-electron chi connectivity index (χ1n) is 9.09. The summed E-state index contributed by atoms with van der Waals surface area (Å²) >= 11 is 1.42. The molecule has 1 N–H and O–H groups in total. The molecule has 8 heteroatoms. The fourth-order valence-corrected chi connectivity index (χ4v) is 5.34. The number of rotatable bonds is 1. The van der Waals surface area contributed by atoms with Crippen molar-refractivity contribution in [1.82, 2.24) is 19.8 Å². The topological polar surface area (TPSA) is 70.7 Å². The van der Waals surface area contributed by atoms with Gasteiger partial charge in [0.2, 0.25) is 0 Å². The Morgan fingerprint density at radius 1 is 1.27 bits per heavy atom. The standard InChI is InChI=1S/C18H22N4O3S/c1-21-5-2-12-16(20-11-19-12)18(21)3-6-22(7-4-18)17(23)15-14-13(10-26-15)24-8-9-25-14/h10-11H,2-9H2,1H3,(H,19,20). The van der Waals surface area contributed by atoms with E-state index < -0.39 is 0 Å². The summed E-state index contributed by atoms with van der Waals surface area (Å²) < 4.78 is 11.3. The predicted molar refractivity (Wildman–Crippen MR) is 97.0 cm³/mol. The molecule has 1 spiro atoms. The van der Waals surface area contributed by atoms with Gasteiger partial charge in [-0.25, -0.2) is 4.98 Å². The van der Waals surface area contributed by atoms with Gasteiger partial charge in [-0.2, -0.15) is 0 Å². The molecule has 0 radical (unpaired) electrons. The number of ether oxygens (including phenoxy) is 2. The highest BCUT2D eigenvalue weighted by Gasteiger charge is 2.46. The number of likely N-dealkylation sites (tertiary alicyclic amines) is 1. The van der Waals surface area contributed by atoms with E-state index >= 15 is 0 Å². The van der Waals surface area contributed by atoms with E-state index in [2.05, 4.69) is 21.9 Å². The molecule has 0 saturated carbocycles. The third-order valence-corrected chi connectivity index (χ3v) is 6.89. The van der Waals surface area contributed by atoms with Crippen LogP contribution in [0.15, 0.2) is 11.7 Å². The number of amides is 1. The van der Waals surface area contributed by atoms with Crippen molar-refractivity contribution >= 4 is 17.2 Å². The van der Waals surface area contributed by atoms with E-state index in [1.807, 2.05) is 10.3 Å². The van der Waals surface area contributed by atoms with Crippen molar-refractivity contribution < 1.29 is 14.3 Å². The molecule has 26 heavy (non-hydrogen) atoms. The van der Waals surface area contributed by atoms with Crippen LogP contribution in [0.3, 0.4) is 0 Å². The number of carbonyl (C=O) groups excluding carboxylic acids is 1. The van der Waals surface area contributed by atoms with Gasteiger partial charge in [-0.1, -0.05) is 0 Å². The monoisotopic (exact) mass is 374 g/mol. The lowest BCUT2D eigenvalue weighted by Gasteiger charge is -2.49. The summed E-state index contributed by atoms with van der Waals surface area (Å²) in [6, 6.07) is 0. The maximum Gasteiger partial charge on any atom is 0.267 e. The van der Waals surface area contributed by atoms with E-state index in [1.165, 1.54) is 22.7 Å². The van der Waals surface area contributed by atoms with Gasteiger partial charge in [0.15, 0.2) is 11.5 Å². The van der Waals surface area contributed by atoms with Crippen LogP contribution in [0, 0.1) is 0 Å². The molecular weight excluding hydrogens is 352 g/mol. The van der Waals surface area contributed by atoms with Crippen LogP contribution in [0.1, 0.15) is 33.9 Å². The molecule has 0 aromatic carbocycles. The summed E-state index contributed by atoms with van der Waals surface area (Å²) in [6.45, 7) is 3.51. The molecule has 2 aromatic rings. The van der Waals surface area contributed by atoms with Crippen molar-refractivity contribution in [2.45, 2.75) is 24.8 Å². The molecule has 0 atom stereocenters. The smallest absolute Gasteiger partial charge is 0.267 e. The van der Waals surface area contributed by atoms with Crippen LogP contribution in [-0.2, 0) is 12.0 Å². The molecule has 0 unspecified atom stereocenters. The van der Waals surface area contributed by atoms with Crippen LogP contribution in [0.5, 0.6) is 11.5 Å². The van der Waals surface area contributed by atoms with Crippen molar-refractivity contribution in [2.24, 2.45) is 0 Å². The third kappa shape index (κ3) is 2.28. The maximum absolute atomic E-state index is 13.0. The number of nitrogens with zero attached hydrogens (tertiary/aromatic N) is 3. The van der Waals surface area contributed by atoms with Crippen molar-refractivity contribution in [3.63, 3.8) is 0 Å². The fourth-order valence-electron chi connectivity index (χ4n) is 4.44. The van der Waals surface area contributed by atoms with E-state index in [-0.39, 0.29) is 11.4 Å². The van der Waals surface area contributed by atoms with Crippen LogP contribution < -0.4 is 9.47 Å². The van der Waals surface area contributed by atoms with Crippen molar-refractivity contribution in [3.8, 4) is 11.5 Å². The van der Waals surface area contributed by atoms with Crippen molar-refractivity contribution in [3.05, 3.63) is 28.0 Å². The molecule has 3 aliphatic heterocycles. The molecule has 7 nitrogen and oxygen atoms in total. The summed E-state index contributed by atoms with van der Waals surface area (Å²) in [5.74, 6) is 1.37. The Morgan fingerprint density at radius 2 is 2.08 bits per heavy atom. The molecule has 5 heterocycles. The van der Waals surface area contributed by atoms with Crippen LogP contribution in [0.25, 0.3) is 0 Å². The Balaban J connectivity index is 1.37. The molecular formula is C18H22N4O3S. The number of carbonyl (C=O) groups is 1. The zero-order valence-corrected chi connectivity index (χ0v) is 15.6. The van der Waals surface area contributed by atoms with Crippen LogP contribution in [0.2, 0.25) is 0 Å². The minimum absolute atomic E-state index is 0.0531. The zero-order valence-electron chi connectivity index (χ0n) is 14.8. The van der Waals surface area contributed by atoms with Gasteiger partial charge in [-0.15, -0.1) is 11.3 Å². The second kappa shape index (κ2) is 5.99. The Kier molecular flexibility index (Phi) is 3.72. The number of aromatic nitrogens is 2. The number of piperidine rings is 1. The first kappa shape index (κ1) is 16.1. The Bertz CT molecular complexity index is 837. The lowest BCUT2D eigenvalue weighted by molar-refractivity contribution is 0.0225. The van der Waals surface area contributed by atoms with Crippen molar-refractivity contribution in [2.75, 3.05) is 39.9 Å². The van der Waals surface area contributed by atoms with Gasteiger partial charge < -0.3 is 19.4 Å². The van der Waals surface area contributed by atoms with Gasteiger partial charge in [0.1, 0.15) is 18.1 Å². The highest BCUT2D eigenvalue weighted by Crippen LogP contribution is 2.43. The molecule has 1 fully saturated rings. The lowest BCUT2D eigenvalue weighted by atomic mass is 9.79. The number of imidazole rings is 1. The number of hydrogen-bond acceptors (Lipinski definition) is 6. The summed E-state index contributed by atoms with van der Waals surface area (Å²) in [4.78, 5) is 26.0. The van der Waals surface area contributed by atoms with Gasteiger partial charge in [0.05, 0.1) is 17.6 Å². The highest BCUT2D eigenvalue weighted by molar-refractivity contribution is 7.12. The number of likely N-dealkylation sites (N-methyl/N-ethyl adjacent to an activating group) is 1. The molecule has 3 aliphatic rings. The fraction of sp³-hybridized carbons (Fsp3) is 0.556. The lowest BCUT2D eigenvalue weighted by Crippen LogP contribution is -2.55. The quantitative estimate of drug-likeness (QED) is 0.825. The number of hydrogen-bond donors (Lipinski definition) is 1. The molecule has 1 amide bonds. The van der Waals surface area contributed by atoms with Gasteiger partial charge in [0.25, 0.3) is 5.91 Å². The van der Waals surface area contributed by atoms with E-state index in [0.29, 0.717) is 29.6 Å². The van der Waals surface area contributed by atoms with E-state index in [1.54, 1.807) is 6.33 Å². The normalized spacial score (nSPS) is 21.7. The van der Waals surface area contributed by atoms with Gasteiger partial charge in [-0.3, -0.25) is 9.69 Å². The van der Waals surface area contributed by atoms with Crippen LogP contribution in [0.4, 0.5) is 0 Å². The van der Waals surface area contributed by atoms with E-state index in [9.17, 15) is 4.79 Å². The van der Waals surface area contributed by atoms with Gasteiger partial charge in [-0.05, 0) is 19.9 Å². The number of nitrogens with one attached hydrogen (secondary N) is 1. The molecule has 1 saturated heterocycles. The molecule has 0 bridgehead atoms. The van der Waals surface area contributed by atoms with Gasteiger partial charge >= 0.3 is 0 Å². The summed E-state index contributed by atoms with van der Waals surface area (Å²) in [5.41, 5.74) is 2.36. The highest BCUT2D eigenvalue weighted by atomic mass is 32.1. The van der Waals surface area contributed by atoms with Crippen LogP contribution >= 0.6 is 11.3 Å². The largest absolute Gasteiger partial charge is 0.485 e. The number of H-pyrrole nitrogens is 1. The Morgan fingerprint density at radius 3 is 2.92 bits per heavy atom. The molecule has 2 aromatic heterocycles. The summed E-state index contributed by atoms with van der Waals surface area (Å²) in [5, 5.41) is 1.87. The second-order valence-corrected chi connectivity index (χ2v) is 8.06.